The number of aryl methyl sites for hydroxylation is 1. The number of nitrogens with zero attached hydrogens (tertiary/aromatic N) is 1. The van der Waals surface area contributed by atoms with Crippen LogP contribution in [0.15, 0.2) is 23.1 Å². The first kappa shape index (κ1) is 15.0. The van der Waals surface area contributed by atoms with Gasteiger partial charge < -0.3 is 5.73 Å². The summed E-state index contributed by atoms with van der Waals surface area (Å²) in [6.45, 7) is 2.98. The molecule has 1 aromatic carbocycles. The zero-order valence-corrected chi connectivity index (χ0v) is 13.4. The molecule has 0 radical (unpaired) electrons. The molecule has 1 saturated carbocycles. The molecule has 0 bridgehead atoms. The summed E-state index contributed by atoms with van der Waals surface area (Å²) < 4.78 is 27.8. The summed E-state index contributed by atoms with van der Waals surface area (Å²) in [7, 11) is -3.37. The van der Waals surface area contributed by atoms with E-state index in [0.29, 0.717) is 23.9 Å². The van der Waals surface area contributed by atoms with Crippen molar-refractivity contribution in [3.8, 4) is 0 Å². The standard InChI is InChI=1S/C16H24N2O2S/c1-12-10-13(11-17)6-7-16(12)21(19,20)18-9-8-14-4-2-3-5-15(14)18/h6-7,10,14-15H,2-5,8-9,11,17H2,1H3. The highest BCUT2D eigenvalue weighted by molar-refractivity contribution is 7.89. The van der Waals surface area contributed by atoms with Gasteiger partial charge in [0, 0.05) is 19.1 Å². The van der Waals surface area contributed by atoms with E-state index in [0.717, 1.165) is 30.4 Å². The zero-order valence-electron chi connectivity index (χ0n) is 12.6. The molecule has 3 rings (SSSR count). The molecule has 4 nitrogen and oxygen atoms in total. The van der Waals surface area contributed by atoms with Crippen molar-refractivity contribution in [3.63, 3.8) is 0 Å². The maximum Gasteiger partial charge on any atom is 0.243 e. The average Bonchev–Trinajstić information content (AvgIpc) is 2.91. The van der Waals surface area contributed by atoms with E-state index >= 15 is 0 Å². The van der Waals surface area contributed by atoms with Crippen LogP contribution < -0.4 is 5.73 Å². The molecule has 5 heteroatoms. The Balaban J connectivity index is 1.93. The minimum atomic E-state index is -3.37. The molecule has 21 heavy (non-hydrogen) atoms. The lowest BCUT2D eigenvalue weighted by Crippen LogP contribution is -2.39. The van der Waals surface area contributed by atoms with Gasteiger partial charge in [0.2, 0.25) is 10.0 Å². The van der Waals surface area contributed by atoms with Crippen LogP contribution in [0.5, 0.6) is 0 Å². The molecule has 116 valence electrons. The highest BCUT2D eigenvalue weighted by atomic mass is 32.2. The molecule has 1 aromatic rings. The quantitative estimate of drug-likeness (QED) is 0.932. The lowest BCUT2D eigenvalue weighted by molar-refractivity contribution is 0.260. The van der Waals surface area contributed by atoms with Gasteiger partial charge >= 0.3 is 0 Å². The number of fused-ring (bicyclic) bond motifs is 1. The van der Waals surface area contributed by atoms with Crippen LogP contribution >= 0.6 is 0 Å². The molecule has 2 fully saturated rings. The van der Waals surface area contributed by atoms with E-state index in [1.165, 1.54) is 12.8 Å². The Hall–Kier alpha value is -0.910. The molecular formula is C16H24N2O2S. The fourth-order valence-corrected chi connectivity index (χ4v) is 5.85. The molecule has 1 saturated heterocycles. The largest absolute Gasteiger partial charge is 0.326 e. The first-order valence-corrected chi connectivity index (χ1v) is 9.29. The van der Waals surface area contributed by atoms with E-state index in [1.54, 1.807) is 10.4 Å². The summed E-state index contributed by atoms with van der Waals surface area (Å²) in [5, 5.41) is 0. The molecule has 1 heterocycles. The van der Waals surface area contributed by atoms with Gasteiger partial charge in [-0.3, -0.25) is 0 Å². The topological polar surface area (TPSA) is 63.4 Å². The molecule has 2 N–H and O–H groups in total. The van der Waals surface area contributed by atoms with Gasteiger partial charge in [-0.2, -0.15) is 4.31 Å². The molecular weight excluding hydrogens is 284 g/mol. The third kappa shape index (κ3) is 2.62. The van der Waals surface area contributed by atoms with Crippen molar-refractivity contribution < 1.29 is 8.42 Å². The maximum absolute atomic E-state index is 13.0. The van der Waals surface area contributed by atoms with E-state index in [2.05, 4.69) is 0 Å². The van der Waals surface area contributed by atoms with Crippen LogP contribution in [-0.2, 0) is 16.6 Å². The number of hydrogen-bond acceptors (Lipinski definition) is 3. The van der Waals surface area contributed by atoms with Crippen LogP contribution in [0.1, 0.15) is 43.2 Å². The Labute approximate surface area is 127 Å². The summed E-state index contributed by atoms with van der Waals surface area (Å²) >= 11 is 0. The Bertz CT molecular complexity index is 627. The fourth-order valence-electron chi connectivity index (χ4n) is 3.92. The number of benzene rings is 1. The molecule has 0 amide bonds. The third-order valence-electron chi connectivity index (χ3n) is 5.02. The SMILES string of the molecule is Cc1cc(CN)ccc1S(=O)(=O)N1CCC2CCCCC21. The van der Waals surface area contributed by atoms with Gasteiger partial charge in [0.1, 0.15) is 0 Å². The second kappa shape index (κ2) is 5.71. The monoisotopic (exact) mass is 308 g/mol. The summed E-state index contributed by atoms with van der Waals surface area (Å²) in [5.74, 6) is 0.567. The molecule has 0 spiro atoms. The van der Waals surface area contributed by atoms with E-state index in [9.17, 15) is 8.42 Å². The van der Waals surface area contributed by atoms with E-state index in [4.69, 9.17) is 5.73 Å². The Morgan fingerprint density at radius 3 is 2.71 bits per heavy atom. The minimum Gasteiger partial charge on any atom is -0.326 e. The van der Waals surface area contributed by atoms with Gasteiger partial charge in [-0.25, -0.2) is 8.42 Å². The average molecular weight is 308 g/mol. The molecule has 2 aliphatic rings. The lowest BCUT2D eigenvalue weighted by atomic mass is 9.86. The molecule has 2 atom stereocenters. The molecule has 1 aliphatic carbocycles. The summed E-state index contributed by atoms with van der Waals surface area (Å²) in [6.07, 6.45) is 5.62. The summed E-state index contributed by atoms with van der Waals surface area (Å²) in [6, 6.07) is 5.66. The zero-order chi connectivity index (χ0) is 15.0. The number of hydrogen-bond donors (Lipinski definition) is 1. The third-order valence-corrected chi connectivity index (χ3v) is 7.11. The molecule has 1 aliphatic heterocycles. The van der Waals surface area contributed by atoms with Crippen LogP contribution in [0.2, 0.25) is 0 Å². The number of rotatable bonds is 3. The van der Waals surface area contributed by atoms with Crippen molar-refractivity contribution in [3.05, 3.63) is 29.3 Å². The van der Waals surface area contributed by atoms with Crippen molar-refractivity contribution >= 4 is 10.0 Å². The predicted octanol–water partition coefficient (Wildman–Crippen LogP) is 2.41. The van der Waals surface area contributed by atoms with Gasteiger partial charge in [-0.15, -0.1) is 0 Å². The lowest BCUT2D eigenvalue weighted by Gasteiger charge is -2.31. The van der Waals surface area contributed by atoms with Gasteiger partial charge in [-0.1, -0.05) is 25.0 Å². The first-order chi connectivity index (χ1) is 10.0. The van der Waals surface area contributed by atoms with Crippen molar-refractivity contribution in [1.29, 1.82) is 0 Å². The Kier molecular flexibility index (Phi) is 4.08. The van der Waals surface area contributed by atoms with E-state index in [-0.39, 0.29) is 6.04 Å². The van der Waals surface area contributed by atoms with Crippen molar-refractivity contribution in [2.45, 2.75) is 56.5 Å². The van der Waals surface area contributed by atoms with E-state index in [1.807, 2.05) is 19.1 Å². The van der Waals surface area contributed by atoms with Gasteiger partial charge in [0.05, 0.1) is 4.90 Å². The minimum absolute atomic E-state index is 0.220. The smallest absolute Gasteiger partial charge is 0.243 e. The van der Waals surface area contributed by atoms with Crippen LogP contribution in [-0.4, -0.2) is 25.3 Å². The van der Waals surface area contributed by atoms with Crippen molar-refractivity contribution in [1.82, 2.24) is 4.31 Å². The van der Waals surface area contributed by atoms with Crippen LogP contribution in [0.25, 0.3) is 0 Å². The highest BCUT2D eigenvalue weighted by Gasteiger charge is 2.42. The molecule has 2 unspecified atom stereocenters. The van der Waals surface area contributed by atoms with Gasteiger partial charge in [-0.05, 0) is 49.3 Å². The maximum atomic E-state index is 13.0. The van der Waals surface area contributed by atoms with Crippen molar-refractivity contribution in [2.75, 3.05) is 6.54 Å². The predicted molar refractivity (Wildman–Crippen MR) is 83.3 cm³/mol. The van der Waals surface area contributed by atoms with Crippen LogP contribution in [0.3, 0.4) is 0 Å². The number of sulfonamides is 1. The normalized spacial score (nSPS) is 26.8. The Morgan fingerprint density at radius 2 is 2.00 bits per heavy atom. The highest BCUT2D eigenvalue weighted by Crippen LogP contribution is 2.39. The van der Waals surface area contributed by atoms with Crippen LogP contribution in [0.4, 0.5) is 0 Å². The fraction of sp³-hybridized carbons (Fsp3) is 0.625. The summed E-state index contributed by atoms with van der Waals surface area (Å²) in [5.41, 5.74) is 7.41. The summed E-state index contributed by atoms with van der Waals surface area (Å²) in [4.78, 5) is 0.450. The molecule has 0 aromatic heterocycles. The van der Waals surface area contributed by atoms with Crippen LogP contribution in [0, 0.1) is 12.8 Å². The Morgan fingerprint density at radius 1 is 1.24 bits per heavy atom. The first-order valence-electron chi connectivity index (χ1n) is 7.85. The number of nitrogens with two attached hydrogens (primary N) is 1. The van der Waals surface area contributed by atoms with Gasteiger partial charge in [0.15, 0.2) is 0 Å². The van der Waals surface area contributed by atoms with Crippen molar-refractivity contribution in [2.24, 2.45) is 11.7 Å². The van der Waals surface area contributed by atoms with Gasteiger partial charge in [0.25, 0.3) is 0 Å². The van der Waals surface area contributed by atoms with E-state index < -0.39 is 10.0 Å². The second-order valence-corrected chi connectivity index (χ2v) is 8.18. The second-order valence-electron chi connectivity index (χ2n) is 6.32.